The Morgan fingerprint density at radius 1 is 1.29 bits per heavy atom. The van der Waals surface area contributed by atoms with Crippen LogP contribution in [0.15, 0.2) is 0 Å². The third kappa shape index (κ3) is 2.96. The molecule has 96 valence electrons. The molecular formula is C12H21N3OS. The molecule has 0 spiro atoms. The zero-order valence-corrected chi connectivity index (χ0v) is 11.8. The van der Waals surface area contributed by atoms with Crippen molar-refractivity contribution in [3.05, 3.63) is 5.82 Å². The minimum absolute atomic E-state index is 0.00995. The average molecular weight is 255 g/mol. The van der Waals surface area contributed by atoms with Gasteiger partial charge in [-0.2, -0.15) is 4.37 Å². The Bertz CT molecular complexity index is 385. The first-order valence-electron chi connectivity index (χ1n) is 6.09. The van der Waals surface area contributed by atoms with E-state index < -0.39 is 5.60 Å². The second kappa shape index (κ2) is 4.21. The molecule has 0 aromatic carbocycles. The lowest BCUT2D eigenvalue weighted by Crippen LogP contribution is -2.42. The van der Waals surface area contributed by atoms with Gasteiger partial charge >= 0.3 is 0 Å². The first kappa shape index (κ1) is 12.8. The highest BCUT2D eigenvalue weighted by Gasteiger charge is 2.29. The lowest BCUT2D eigenvalue weighted by molar-refractivity contribution is 0.0351. The maximum Gasteiger partial charge on any atom is 0.205 e. The number of nitrogens with zero attached hydrogens (tertiary/aromatic N) is 3. The molecule has 1 aromatic rings. The van der Waals surface area contributed by atoms with Crippen molar-refractivity contribution in [3.63, 3.8) is 0 Å². The first-order valence-corrected chi connectivity index (χ1v) is 6.87. The minimum Gasteiger partial charge on any atom is -0.390 e. The summed E-state index contributed by atoms with van der Waals surface area (Å²) < 4.78 is 4.43. The average Bonchev–Trinajstić information content (AvgIpc) is 2.66. The first-order chi connectivity index (χ1) is 7.78. The molecule has 1 N–H and O–H groups in total. The van der Waals surface area contributed by atoms with Crippen molar-refractivity contribution in [1.29, 1.82) is 0 Å². The Kier molecular flexibility index (Phi) is 3.16. The van der Waals surface area contributed by atoms with Crippen LogP contribution in [0.2, 0.25) is 0 Å². The molecule has 1 aliphatic heterocycles. The van der Waals surface area contributed by atoms with E-state index in [-0.39, 0.29) is 5.41 Å². The van der Waals surface area contributed by atoms with Gasteiger partial charge in [0.15, 0.2) is 0 Å². The molecule has 0 saturated carbocycles. The predicted octanol–water partition coefficient (Wildman–Crippen LogP) is 2.19. The number of rotatable bonds is 1. The van der Waals surface area contributed by atoms with E-state index in [1.165, 1.54) is 11.5 Å². The fraction of sp³-hybridized carbons (Fsp3) is 0.833. The summed E-state index contributed by atoms with van der Waals surface area (Å²) in [5.41, 5.74) is -0.496. The highest BCUT2D eigenvalue weighted by atomic mass is 32.1. The number of hydrogen-bond acceptors (Lipinski definition) is 5. The van der Waals surface area contributed by atoms with E-state index in [1.807, 2.05) is 6.92 Å². The summed E-state index contributed by atoms with van der Waals surface area (Å²) in [6.45, 7) is 10.0. The second-order valence-electron chi connectivity index (χ2n) is 6.13. The van der Waals surface area contributed by atoms with E-state index in [2.05, 4.69) is 35.0 Å². The van der Waals surface area contributed by atoms with Gasteiger partial charge in [0.2, 0.25) is 5.13 Å². The molecule has 4 nitrogen and oxygen atoms in total. The summed E-state index contributed by atoms with van der Waals surface area (Å²) in [5.74, 6) is 0.912. The molecule has 0 amide bonds. The van der Waals surface area contributed by atoms with Crippen molar-refractivity contribution in [3.8, 4) is 0 Å². The molecule has 0 unspecified atom stereocenters. The molecule has 1 aromatic heterocycles. The molecule has 1 fully saturated rings. The summed E-state index contributed by atoms with van der Waals surface area (Å²) in [7, 11) is 0. The highest BCUT2D eigenvalue weighted by molar-refractivity contribution is 7.09. The van der Waals surface area contributed by atoms with Crippen LogP contribution in [0.1, 0.15) is 46.4 Å². The number of hydrogen-bond donors (Lipinski definition) is 1. The van der Waals surface area contributed by atoms with Crippen LogP contribution in [0.5, 0.6) is 0 Å². The van der Waals surface area contributed by atoms with Gasteiger partial charge in [0.05, 0.1) is 5.60 Å². The van der Waals surface area contributed by atoms with E-state index in [0.29, 0.717) is 0 Å². The van der Waals surface area contributed by atoms with Gasteiger partial charge in [-0.05, 0) is 19.8 Å². The van der Waals surface area contributed by atoms with E-state index in [4.69, 9.17) is 0 Å². The molecule has 0 bridgehead atoms. The van der Waals surface area contributed by atoms with Crippen LogP contribution in [0, 0.1) is 0 Å². The van der Waals surface area contributed by atoms with Gasteiger partial charge in [0.25, 0.3) is 0 Å². The van der Waals surface area contributed by atoms with Gasteiger partial charge in [0, 0.05) is 30.0 Å². The van der Waals surface area contributed by atoms with E-state index in [1.54, 1.807) is 0 Å². The van der Waals surface area contributed by atoms with Crippen molar-refractivity contribution < 1.29 is 5.11 Å². The predicted molar refractivity (Wildman–Crippen MR) is 70.7 cm³/mol. The topological polar surface area (TPSA) is 49.2 Å². The van der Waals surface area contributed by atoms with Crippen LogP contribution in [-0.4, -0.2) is 33.2 Å². The lowest BCUT2D eigenvalue weighted by Gasteiger charge is -2.35. The Hall–Kier alpha value is -0.680. The quantitative estimate of drug-likeness (QED) is 0.835. The molecule has 0 atom stereocenters. The Morgan fingerprint density at radius 3 is 2.35 bits per heavy atom. The summed E-state index contributed by atoms with van der Waals surface area (Å²) in [5, 5.41) is 10.9. The molecule has 5 heteroatoms. The fourth-order valence-corrected chi connectivity index (χ4v) is 2.74. The highest BCUT2D eigenvalue weighted by Crippen LogP contribution is 2.29. The lowest BCUT2D eigenvalue weighted by atomic mass is 9.94. The molecule has 0 aliphatic carbocycles. The van der Waals surface area contributed by atoms with Crippen molar-refractivity contribution in [2.75, 3.05) is 18.0 Å². The van der Waals surface area contributed by atoms with Gasteiger partial charge in [0.1, 0.15) is 5.82 Å². The SMILES string of the molecule is CC1(O)CCN(c2nc(C(C)(C)C)ns2)CC1. The standard InChI is InChI=1S/C12H21N3OS/c1-11(2,3)9-13-10(17-14-9)15-7-5-12(4,16)6-8-15/h16H,5-8H2,1-4H3. The Morgan fingerprint density at radius 2 is 1.88 bits per heavy atom. The number of aliphatic hydroxyl groups is 1. The van der Waals surface area contributed by atoms with Crippen molar-refractivity contribution in [1.82, 2.24) is 9.36 Å². The maximum absolute atomic E-state index is 9.91. The number of piperidine rings is 1. The van der Waals surface area contributed by atoms with Crippen molar-refractivity contribution in [2.45, 2.75) is 51.6 Å². The fourth-order valence-electron chi connectivity index (χ4n) is 1.83. The molecular weight excluding hydrogens is 234 g/mol. The van der Waals surface area contributed by atoms with Crippen LogP contribution in [-0.2, 0) is 5.41 Å². The van der Waals surface area contributed by atoms with Crippen molar-refractivity contribution >= 4 is 16.7 Å². The molecule has 0 radical (unpaired) electrons. The maximum atomic E-state index is 9.91. The molecule has 17 heavy (non-hydrogen) atoms. The normalized spacial score (nSPS) is 20.6. The van der Waals surface area contributed by atoms with Gasteiger partial charge in [-0.15, -0.1) is 0 Å². The molecule has 1 saturated heterocycles. The Labute approximate surface area is 107 Å². The number of aromatic nitrogens is 2. The zero-order chi connectivity index (χ0) is 12.7. The van der Waals surface area contributed by atoms with Crippen LogP contribution >= 0.6 is 11.5 Å². The molecule has 2 rings (SSSR count). The van der Waals surface area contributed by atoms with Crippen LogP contribution in [0.4, 0.5) is 5.13 Å². The second-order valence-corrected chi connectivity index (χ2v) is 6.86. The van der Waals surface area contributed by atoms with E-state index in [9.17, 15) is 5.11 Å². The summed E-state index contributed by atoms with van der Waals surface area (Å²) in [4.78, 5) is 6.83. The van der Waals surface area contributed by atoms with Crippen LogP contribution < -0.4 is 4.90 Å². The van der Waals surface area contributed by atoms with Crippen LogP contribution in [0.3, 0.4) is 0 Å². The third-order valence-electron chi connectivity index (χ3n) is 3.20. The zero-order valence-electron chi connectivity index (χ0n) is 11.0. The number of anilines is 1. The largest absolute Gasteiger partial charge is 0.390 e. The Balaban J connectivity index is 2.07. The minimum atomic E-state index is -0.506. The van der Waals surface area contributed by atoms with Gasteiger partial charge < -0.3 is 10.0 Å². The van der Waals surface area contributed by atoms with Crippen LogP contribution in [0.25, 0.3) is 0 Å². The summed E-state index contributed by atoms with van der Waals surface area (Å²) in [6, 6.07) is 0. The van der Waals surface area contributed by atoms with Crippen molar-refractivity contribution in [2.24, 2.45) is 0 Å². The molecule has 1 aliphatic rings. The smallest absolute Gasteiger partial charge is 0.205 e. The van der Waals surface area contributed by atoms with Gasteiger partial charge in [-0.25, -0.2) is 4.98 Å². The summed E-state index contributed by atoms with van der Waals surface area (Å²) >= 11 is 1.47. The summed E-state index contributed by atoms with van der Waals surface area (Å²) in [6.07, 6.45) is 1.61. The molecule has 2 heterocycles. The van der Waals surface area contributed by atoms with E-state index >= 15 is 0 Å². The van der Waals surface area contributed by atoms with Gasteiger partial charge in [-0.3, -0.25) is 0 Å². The van der Waals surface area contributed by atoms with E-state index in [0.717, 1.165) is 36.9 Å². The monoisotopic (exact) mass is 255 g/mol. The third-order valence-corrected chi connectivity index (χ3v) is 3.97. The van der Waals surface area contributed by atoms with Gasteiger partial charge in [-0.1, -0.05) is 20.8 Å².